The lowest BCUT2D eigenvalue weighted by atomic mass is 10.2. The van der Waals surface area contributed by atoms with Gasteiger partial charge in [-0.05, 0) is 25.1 Å². The molecule has 5 heteroatoms. The number of benzene rings is 1. The monoisotopic (exact) mass is 273 g/mol. The maximum Gasteiger partial charge on any atom is 0.145 e. The van der Waals surface area contributed by atoms with Crippen LogP contribution in [0, 0.1) is 0 Å². The molecule has 1 aromatic carbocycles. The van der Waals surface area contributed by atoms with Crippen LogP contribution < -0.4 is 0 Å². The van der Waals surface area contributed by atoms with E-state index in [-0.39, 0.29) is 5.75 Å². The van der Waals surface area contributed by atoms with E-state index in [0.29, 0.717) is 16.4 Å². The molecule has 0 saturated heterocycles. The Bertz CT molecular complexity index is 752. The van der Waals surface area contributed by atoms with Crippen molar-refractivity contribution in [1.29, 1.82) is 0 Å². The zero-order valence-electron chi connectivity index (χ0n) is 10.3. The fraction of sp³-hybridized carbons (Fsp3) is 0.143. The summed E-state index contributed by atoms with van der Waals surface area (Å²) in [5, 5.41) is 10.6. The molecule has 0 aliphatic heterocycles. The highest BCUT2D eigenvalue weighted by Gasteiger charge is 2.16. The standard InChI is InChI=1S/C14H12ClN3O/c1-2-18-13-10(15)4-3-5-11(13)17-14(18)9-6-7-16-8-12(9)19/h3-8,19H,2H2,1H3. The van der Waals surface area contributed by atoms with E-state index < -0.39 is 0 Å². The normalized spacial score (nSPS) is 11.1. The molecule has 3 rings (SSSR count). The van der Waals surface area contributed by atoms with E-state index in [1.165, 1.54) is 6.20 Å². The van der Waals surface area contributed by atoms with Gasteiger partial charge in [-0.15, -0.1) is 0 Å². The Kier molecular flexibility index (Phi) is 2.87. The zero-order valence-corrected chi connectivity index (χ0v) is 11.1. The van der Waals surface area contributed by atoms with Crippen molar-refractivity contribution in [2.45, 2.75) is 13.5 Å². The van der Waals surface area contributed by atoms with E-state index in [2.05, 4.69) is 9.97 Å². The second kappa shape index (κ2) is 4.55. The summed E-state index contributed by atoms with van der Waals surface area (Å²) in [5.74, 6) is 0.814. The van der Waals surface area contributed by atoms with Crippen LogP contribution in [0.15, 0.2) is 36.7 Å². The van der Waals surface area contributed by atoms with E-state index >= 15 is 0 Å². The van der Waals surface area contributed by atoms with Gasteiger partial charge < -0.3 is 9.67 Å². The van der Waals surface area contributed by atoms with Gasteiger partial charge in [0.05, 0.1) is 27.8 Å². The van der Waals surface area contributed by atoms with Crippen LogP contribution in [-0.4, -0.2) is 19.6 Å². The van der Waals surface area contributed by atoms with Gasteiger partial charge in [-0.3, -0.25) is 4.98 Å². The molecule has 0 atom stereocenters. The maximum atomic E-state index is 9.93. The number of hydrogen-bond donors (Lipinski definition) is 1. The van der Waals surface area contributed by atoms with Crippen LogP contribution in [-0.2, 0) is 6.54 Å². The summed E-state index contributed by atoms with van der Waals surface area (Å²) in [7, 11) is 0. The van der Waals surface area contributed by atoms with Crippen molar-refractivity contribution in [3.05, 3.63) is 41.7 Å². The number of imidazole rings is 1. The maximum absolute atomic E-state index is 9.93. The second-order valence-corrected chi connectivity index (χ2v) is 4.59. The van der Waals surface area contributed by atoms with Gasteiger partial charge in [0.1, 0.15) is 11.6 Å². The molecule has 0 aliphatic carbocycles. The molecule has 0 bridgehead atoms. The molecular formula is C14H12ClN3O. The fourth-order valence-corrected chi connectivity index (χ4v) is 2.50. The Morgan fingerprint density at radius 3 is 2.89 bits per heavy atom. The van der Waals surface area contributed by atoms with Gasteiger partial charge in [0.2, 0.25) is 0 Å². The summed E-state index contributed by atoms with van der Waals surface area (Å²) in [6.07, 6.45) is 3.05. The fourth-order valence-electron chi connectivity index (χ4n) is 2.23. The van der Waals surface area contributed by atoms with Gasteiger partial charge in [0.25, 0.3) is 0 Å². The molecule has 0 spiro atoms. The lowest BCUT2D eigenvalue weighted by molar-refractivity contribution is 0.474. The van der Waals surface area contributed by atoms with E-state index in [4.69, 9.17) is 11.6 Å². The Morgan fingerprint density at radius 1 is 1.32 bits per heavy atom. The molecular weight excluding hydrogens is 262 g/mol. The van der Waals surface area contributed by atoms with Crippen LogP contribution >= 0.6 is 11.6 Å². The molecule has 0 radical (unpaired) electrons. The third-order valence-electron chi connectivity index (χ3n) is 3.07. The minimum Gasteiger partial charge on any atom is -0.506 e. The number of aromatic hydroxyl groups is 1. The lowest BCUT2D eigenvalue weighted by Crippen LogP contribution is -1.98. The van der Waals surface area contributed by atoms with E-state index in [9.17, 15) is 5.11 Å². The summed E-state index contributed by atoms with van der Waals surface area (Å²) in [4.78, 5) is 8.45. The quantitative estimate of drug-likeness (QED) is 0.778. The SMILES string of the molecule is CCn1c(-c2ccncc2O)nc2cccc(Cl)c21. The topological polar surface area (TPSA) is 50.9 Å². The van der Waals surface area contributed by atoms with E-state index in [0.717, 1.165) is 17.6 Å². The number of hydrogen-bond acceptors (Lipinski definition) is 3. The molecule has 0 saturated carbocycles. The summed E-state index contributed by atoms with van der Waals surface area (Å²) in [6, 6.07) is 7.37. The number of fused-ring (bicyclic) bond motifs is 1. The van der Waals surface area contributed by atoms with Crippen LogP contribution in [0.4, 0.5) is 0 Å². The first-order chi connectivity index (χ1) is 9.22. The van der Waals surface area contributed by atoms with Gasteiger partial charge in [-0.2, -0.15) is 0 Å². The predicted molar refractivity (Wildman–Crippen MR) is 75.3 cm³/mol. The number of pyridine rings is 1. The van der Waals surface area contributed by atoms with Crippen LogP contribution in [0.3, 0.4) is 0 Å². The number of para-hydroxylation sites is 1. The minimum absolute atomic E-state index is 0.114. The Labute approximate surface area is 115 Å². The number of rotatable bonds is 2. The van der Waals surface area contributed by atoms with Crippen LogP contribution in [0.2, 0.25) is 5.02 Å². The molecule has 1 N–H and O–H groups in total. The predicted octanol–water partition coefficient (Wildman–Crippen LogP) is 3.48. The number of nitrogens with zero attached hydrogens (tertiary/aromatic N) is 3. The molecule has 0 aliphatic rings. The van der Waals surface area contributed by atoms with Gasteiger partial charge in [-0.1, -0.05) is 17.7 Å². The van der Waals surface area contributed by atoms with Gasteiger partial charge >= 0.3 is 0 Å². The smallest absolute Gasteiger partial charge is 0.145 e. The van der Waals surface area contributed by atoms with Crippen LogP contribution in [0.1, 0.15) is 6.92 Å². The molecule has 3 aromatic rings. The van der Waals surface area contributed by atoms with Crippen LogP contribution in [0.25, 0.3) is 22.4 Å². The Balaban J connectivity index is 2.36. The number of aromatic nitrogens is 3. The first-order valence-electron chi connectivity index (χ1n) is 6.00. The number of aryl methyl sites for hydroxylation is 1. The first kappa shape index (κ1) is 12.0. The van der Waals surface area contributed by atoms with Crippen molar-refractivity contribution < 1.29 is 5.11 Å². The molecule has 19 heavy (non-hydrogen) atoms. The Morgan fingerprint density at radius 2 is 2.16 bits per heavy atom. The van der Waals surface area contributed by atoms with Crippen molar-refractivity contribution in [1.82, 2.24) is 14.5 Å². The average molecular weight is 274 g/mol. The third-order valence-corrected chi connectivity index (χ3v) is 3.38. The van der Waals surface area contributed by atoms with E-state index in [1.807, 2.05) is 29.7 Å². The highest BCUT2D eigenvalue weighted by molar-refractivity contribution is 6.35. The molecule has 0 fully saturated rings. The van der Waals surface area contributed by atoms with E-state index in [1.54, 1.807) is 12.3 Å². The highest BCUT2D eigenvalue weighted by atomic mass is 35.5. The zero-order chi connectivity index (χ0) is 13.4. The average Bonchev–Trinajstić information content (AvgIpc) is 2.79. The van der Waals surface area contributed by atoms with Crippen molar-refractivity contribution in [2.75, 3.05) is 0 Å². The molecule has 2 heterocycles. The van der Waals surface area contributed by atoms with Gasteiger partial charge in [0.15, 0.2) is 0 Å². The van der Waals surface area contributed by atoms with Crippen molar-refractivity contribution in [2.24, 2.45) is 0 Å². The highest BCUT2D eigenvalue weighted by Crippen LogP contribution is 2.32. The largest absolute Gasteiger partial charge is 0.506 e. The Hall–Kier alpha value is -2.07. The molecule has 96 valence electrons. The summed E-state index contributed by atoms with van der Waals surface area (Å²) in [5.41, 5.74) is 2.36. The third kappa shape index (κ3) is 1.85. The van der Waals surface area contributed by atoms with Crippen molar-refractivity contribution in [3.8, 4) is 17.1 Å². The second-order valence-electron chi connectivity index (χ2n) is 4.18. The summed E-state index contributed by atoms with van der Waals surface area (Å²) < 4.78 is 1.99. The summed E-state index contributed by atoms with van der Waals surface area (Å²) >= 11 is 6.25. The van der Waals surface area contributed by atoms with Crippen molar-refractivity contribution >= 4 is 22.6 Å². The lowest BCUT2D eigenvalue weighted by Gasteiger charge is -2.07. The van der Waals surface area contributed by atoms with Crippen molar-refractivity contribution in [3.63, 3.8) is 0 Å². The molecule has 0 unspecified atom stereocenters. The molecule has 4 nitrogen and oxygen atoms in total. The molecule has 0 amide bonds. The summed E-state index contributed by atoms with van der Waals surface area (Å²) in [6.45, 7) is 2.74. The van der Waals surface area contributed by atoms with Crippen LogP contribution in [0.5, 0.6) is 5.75 Å². The minimum atomic E-state index is 0.114. The molecule has 2 aromatic heterocycles. The first-order valence-corrected chi connectivity index (χ1v) is 6.38. The van der Waals surface area contributed by atoms with Gasteiger partial charge in [-0.25, -0.2) is 4.98 Å². The number of halogens is 1. The van der Waals surface area contributed by atoms with Gasteiger partial charge in [0, 0.05) is 12.7 Å².